The lowest BCUT2D eigenvalue weighted by molar-refractivity contribution is 0.626. The van der Waals surface area contributed by atoms with E-state index in [2.05, 4.69) is 36.7 Å². The first kappa shape index (κ1) is 16.0. The number of aliphatic imine (C=N–C) groups is 1. The van der Waals surface area contributed by atoms with Crippen LogP contribution in [0.5, 0.6) is 0 Å². The van der Waals surface area contributed by atoms with Crippen LogP contribution in [0, 0.1) is 6.92 Å². The Morgan fingerprint density at radius 2 is 1.89 bits per heavy atom. The molecule has 0 spiro atoms. The minimum Gasteiger partial charge on any atom is -0.370 e. The number of halogens is 1. The van der Waals surface area contributed by atoms with Gasteiger partial charge >= 0.3 is 0 Å². The molecule has 2 aromatic heterocycles. The molecule has 3 N–H and O–H groups in total. The number of imidazole rings is 1. The highest BCUT2D eigenvalue weighted by Crippen LogP contribution is 2.34. The third-order valence-electron chi connectivity index (χ3n) is 4.79. The summed E-state index contributed by atoms with van der Waals surface area (Å²) in [5.41, 5.74) is 11.0. The van der Waals surface area contributed by atoms with E-state index in [0.717, 1.165) is 28.0 Å². The molecule has 1 atom stereocenters. The van der Waals surface area contributed by atoms with Gasteiger partial charge in [-0.3, -0.25) is 9.88 Å². The maximum atomic E-state index is 6.40. The molecule has 6 nitrogen and oxygen atoms in total. The smallest absolute Gasteiger partial charge is 0.212 e. The number of nitrogens with one attached hydrogen (secondary N) is 1. The van der Waals surface area contributed by atoms with Gasteiger partial charge in [0.05, 0.1) is 21.7 Å². The molecule has 0 saturated carbocycles. The van der Waals surface area contributed by atoms with Gasteiger partial charge in [0.2, 0.25) is 5.95 Å². The fourth-order valence-corrected chi connectivity index (χ4v) is 3.81. The number of nitrogens with zero attached hydrogens (tertiary/aromatic N) is 4. The van der Waals surface area contributed by atoms with Crippen molar-refractivity contribution in [2.75, 3.05) is 5.32 Å². The SMILES string of the molecule is Cc1cc(C2N=C(N)Nc3nc4ccccc4n32)cn1-c1ccccc1Cl. The van der Waals surface area contributed by atoms with Crippen molar-refractivity contribution in [2.45, 2.75) is 13.1 Å². The van der Waals surface area contributed by atoms with Crippen LogP contribution in [0.3, 0.4) is 0 Å². The summed E-state index contributed by atoms with van der Waals surface area (Å²) in [5, 5.41) is 3.76. The van der Waals surface area contributed by atoms with Crippen molar-refractivity contribution in [3.63, 3.8) is 0 Å². The Morgan fingerprint density at radius 3 is 2.74 bits per heavy atom. The Morgan fingerprint density at radius 1 is 1.11 bits per heavy atom. The third-order valence-corrected chi connectivity index (χ3v) is 5.11. The average molecular weight is 377 g/mol. The first-order chi connectivity index (χ1) is 13.1. The molecule has 1 aliphatic rings. The van der Waals surface area contributed by atoms with Gasteiger partial charge in [-0.1, -0.05) is 35.9 Å². The van der Waals surface area contributed by atoms with Gasteiger partial charge in [0.1, 0.15) is 0 Å². The molecule has 3 heterocycles. The van der Waals surface area contributed by atoms with Crippen molar-refractivity contribution >= 4 is 34.5 Å². The Hall–Kier alpha value is -3.25. The van der Waals surface area contributed by atoms with Crippen LogP contribution >= 0.6 is 11.6 Å². The third kappa shape index (κ3) is 2.49. The number of para-hydroxylation sites is 3. The fraction of sp³-hybridized carbons (Fsp3) is 0.100. The van der Waals surface area contributed by atoms with Crippen molar-refractivity contribution in [3.05, 3.63) is 77.1 Å². The van der Waals surface area contributed by atoms with Crippen molar-refractivity contribution in [1.82, 2.24) is 14.1 Å². The van der Waals surface area contributed by atoms with Gasteiger partial charge in [0.25, 0.3) is 0 Å². The summed E-state index contributed by atoms with van der Waals surface area (Å²) in [4.78, 5) is 9.29. The van der Waals surface area contributed by atoms with Gasteiger partial charge in [0.15, 0.2) is 12.1 Å². The summed E-state index contributed by atoms with van der Waals surface area (Å²) in [7, 11) is 0. The van der Waals surface area contributed by atoms with E-state index in [1.54, 1.807) is 0 Å². The maximum Gasteiger partial charge on any atom is 0.212 e. The molecular formula is C20H17ClN6. The fourth-order valence-electron chi connectivity index (χ4n) is 3.59. The highest BCUT2D eigenvalue weighted by atomic mass is 35.5. The van der Waals surface area contributed by atoms with Crippen molar-refractivity contribution in [1.29, 1.82) is 0 Å². The Kier molecular flexibility index (Phi) is 3.48. The zero-order valence-electron chi connectivity index (χ0n) is 14.6. The van der Waals surface area contributed by atoms with Gasteiger partial charge in [-0.15, -0.1) is 0 Å². The van der Waals surface area contributed by atoms with E-state index in [4.69, 9.17) is 17.3 Å². The molecule has 134 valence electrons. The van der Waals surface area contributed by atoms with Gasteiger partial charge < -0.3 is 10.3 Å². The molecule has 1 aliphatic heterocycles. The second-order valence-electron chi connectivity index (χ2n) is 6.54. The summed E-state index contributed by atoms with van der Waals surface area (Å²) in [6, 6.07) is 17.9. The Bertz CT molecular complexity index is 1200. The molecule has 27 heavy (non-hydrogen) atoms. The topological polar surface area (TPSA) is 73.2 Å². The lowest BCUT2D eigenvalue weighted by Crippen LogP contribution is -2.31. The molecule has 0 amide bonds. The molecule has 0 bridgehead atoms. The normalized spacial score (nSPS) is 16.1. The zero-order valence-corrected chi connectivity index (χ0v) is 15.4. The molecule has 5 rings (SSSR count). The summed E-state index contributed by atoms with van der Waals surface area (Å²) in [6.07, 6.45) is 1.76. The highest BCUT2D eigenvalue weighted by molar-refractivity contribution is 6.32. The average Bonchev–Trinajstić information content (AvgIpc) is 3.21. The summed E-state index contributed by atoms with van der Waals surface area (Å²) >= 11 is 6.40. The molecule has 0 saturated heterocycles. The number of benzene rings is 2. The summed E-state index contributed by atoms with van der Waals surface area (Å²) in [5.74, 6) is 1.04. The quantitative estimate of drug-likeness (QED) is 0.553. The molecular weight excluding hydrogens is 360 g/mol. The maximum absolute atomic E-state index is 6.40. The standard InChI is InChI=1S/C20H17ClN6/c1-12-10-13(11-26(12)16-8-4-2-6-14(16)21)18-24-19(22)25-20-23-15-7-3-5-9-17(15)27(18)20/h2-11,18H,1H3,(H3,22,23,24,25). The lowest BCUT2D eigenvalue weighted by atomic mass is 10.2. The van der Waals surface area contributed by atoms with Crippen LogP contribution in [-0.2, 0) is 0 Å². The van der Waals surface area contributed by atoms with E-state index in [-0.39, 0.29) is 6.17 Å². The molecule has 7 heteroatoms. The summed E-state index contributed by atoms with van der Waals surface area (Å²) < 4.78 is 4.14. The summed E-state index contributed by atoms with van der Waals surface area (Å²) in [6.45, 7) is 2.05. The number of anilines is 1. The van der Waals surface area contributed by atoms with Crippen molar-refractivity contribution in [2.24, 2.45) is 10.7 Å². The second-order valence-corrected chi connectivity index (χ2v) is 6.95. The Balaban J connectivity index is 1.69. The first-order valence-corrected chi connectivity index (χ1v) is 9.00. The van der Waals surface area contributed by atoms with Gasteiger partial charge in [-0.05, 0) is 37.3 Å². The predicted molar refractivity (Wildman–Crippen MR) is 109 cm³/mol. The highest BCUT2D eigenvalue weighted by Gasteiger charge is 2.26. The van der Waals surface area contributed by atoms with Crippen LogP contribution in [0.2, 0.25) is 5.02 Å². The first-order valence-electron chi connectivity index (χ1n) is 8.63. The zero-order chi connectivity index (χ0) is 18.5. The number of hydrogen-bond donors (Lipinski definition) is 2. The molecule has 0 fully saturated rings. The van der Waals surface area contributed by atoms with Gasteiger partial charge in [-0.25, -0.2) is 9.98 Å². The predicted octanol–water partition coefficient (Wildman–Crippen LogP) is 4.08. The molecule has 4 aromatic rings. The monoisotopic (exact) mass is 376 g/mol. The molecule has 0 aliphatic carbocycles. The second kappa shape index (κ2) is 5.89. The largest absolute Gasteiger partial charge is 0.370 e. The lowest BCUT2D eigenvalue weighted by Gasteiger charge is -2.22. The van der Waals surface area contributed by atoms with E-state index >= 15 is 0 Å². The molecule has 0 radical (unpaired) electrons. The van der Waals surface area contributed by atoms with Crippen LogP contribution in [0.1, 0.15) is 17.4 Å². The van der Waals surface area contributed by atoms with Crippen LogP contribution in [-0.4, -0.2) is 20.1 Å². The number of aryl methyl sites for hydroxylation is 1. The number of hydrogen-bond acceptors (Lipinski definition) is 4. The van der Waals surface area contributed by atoms with Crippen molar-refractivity contribution < 1.29 is 0 Å². The van der Waals surface area contributed by atoms with E-state index in [9.17, 15) is 0 Å². The number of guanidine groups is 1. The number of nitrogens with two attached hydrogens (primary N) is 1. The van der Waals surface area contributed by atoms with Crippen LogP contribution in [0.4, 0.5) is 5.95 Å². The minimum atomic E-state index is -0.295. The number of fused-ring (bicyclic) bond motifs is 3. The van der Waals surface area contributed by atoms with Crippen LogP contribution < -0.4 is 11.1 Å². The van der Waals surface area contributed by atoms with Gasteiger partial charge in [0, 0.05) is 17.5 Å². The van der Waals surface area contributed by atoms with E-state index < -0.39 is 0 Å². The Labute approximate surface area is 160 Å². The van der Waals surface area contributed by atoms with Gasteiger partial charge in [-0.2, -0.15) is 0 Å². The number of rotatable bonds is 2. The molecule has 2 aromatic carbocycles. The van der Waals surface area contributed by atoms with E-state index in [1.807, 2.05) is 55.5 Å². The molecule has 1 unspecified atom stereocenters. The minimum absolute atomic E-state index is 0.295. The number of aromatic nitrogens is 3. The van der Waals surface area contributed by atoms with E-state index in [0.29, 0.717) is 16.9 Å². The van der Waals surface area contributed by atoms with Crippen LogP contribution in [0.15, 0.2) is 65.8 Å². The van der Waals surface area contributed by atoms with Crippen LogP contribution in [0.25, 0.3) is 16.7 Å². The van der Waals surface area contributed by atoms with E-state index in [1.165, 1.54) is 0 Å². The van der Waals surface area contributed by atoms with Crippen molar-refractivity contribution in [3.8, 4) is 5.69 Å².